The highest BCUT2D eigenvalue weighted by Gasteiger charge is 2.30. The molecule has 0 unspecified atom stereocenters. The van der Waals surface area contributed by atoms with Gasteiger partial charge in [0, 0.05) is 19.1 Å². The first-order valence-corrected chi connectivity index (χ1v) is 6.45. The second kappa shape index (κ2) is 6.54. The Labute approximate surface area is 112 Å². The van der Waals surface area contributed by atoms with Crippen LogP contribution in [0.3, 0.4) is 0 Å². The van der Waals surface area contributed by atoms with Crippen LogP contribution in [0, 0.1) is 5.92 Å². The van der Waals surface area contributed by atoms with Gasteiger partial charge in [0.2, 0.25) is 0 Å². The number of piperidine rings is 1. The van der Waals surface area contributed by atoms with Gasteiger partial charge in [-0.1, -0.05) is 30.3 Å². The average Bonchev–Trinajstić information content (AvgIpc) is 2.45. The minimum Gasteiger partial charge on any atom is -0.445 e. The van der Waals surface area contributed by atoms with Crippen LogP contribution in [0.5, 0.6) is 0 Å². The molecule has 0 saturated carbocycles. The third kappa shape index (κ3) is 3.68. The van der Waals surface area contributed by atoms with Crippen LogP contribution in [0.1, 0.15) is 12.0 Å². The monoisotopic (exact) mass is 265 g/mol. The Balaban J connectivity index is 1.81. The van der Waals surface area contributed by atoms with Crippen molar-refractivity contribution in [2.24, 2.45) is 5.92 Å². The van der Waals surface area contributed by atoms with Gasteiger partial charge in [-0.2, -0.15) is 0 Å². The fourth-order valence-electron chi connectivity index (χ4n) is 2.17. The van der Waals surface area contributed by atoms with E-state index in [4.69, 9.17) is 9.84 Å². The van der Waals surface area contributed by atoms with Gasteiger partial charge in [0.1, 0.15) is 6.61 Å². The topological polar surface area (TPSA) is 70.0 Å². The highest BCUT2D eigenvalue weighted by Crippen LogP contribution is 2.18. The lowest BCUT2D eigenvalue weighted by Gasteiger charge is -2.34. The van der Waals surface area contributed by atoms with Crippen molar-refractivity contribution in [1.29, 1.82) is 0 Å². The maximum Gasteiger partial charge on any atom is 0.410 e. The van der Waals surface area contributed by atoms with Gasteiger partial charge in [0.05, 0.1) is 12.6 Å². The zero-order chi connectivity index (χ0) is 13.7. The summed E-state index contributed by atoms with van der Waals surface area (Å²) in [5.74, 6) is -0.141. The molecule has 0 aromatic heterocycles. The van der Waals surface area contributed by atoms with E-state index in [1.54, 1.807) is 0 Å². The second-order valence-electron chi connectivity index (χ2n) is 4.78. The van der Waals surface area contributed by atoms with E-state index in [-0.39, 0.29) is 25.7 Å². The summed E-state index contributed by atoms with van der Waals surface area (Å²) < 4.78 is 5.20. The number of carbonyl (C=O) groups is 1. The number of rotatable bonds is 3. The Morgan fingerprint density at radius 3 is 2.74 bits per heavy atom. The summed E-state index contributed by atoms with van der Waals surface area (Å²) in [7, 11) is 0. The van der Waals surface area contributed by atoms with E-state index in [0.29, 0.717) is 13.0 Å². The van der Waals surface area contributed by atoms with Gasteiger partial charge in [0.25, 0.3) is 0 Å². The normalized spacial score (nSPS) is 23.2. The molecule has 5 nitrogen and oxygen atoms in total. The van der Waals surface area contributed by atoms with E-state index in [1.165, 1.54) is 4.90 Å². The van der Waals surface area contributed by atoms with Crippen molar-refractivity contribution in [2.75, 3.05) is 19.7 Å². The number of nitrogens with zero attached hydrogens (tertiary/aromatic N) is 1. The summed E-state index contributed by atoms with van der Waals surface area (Å²) in [5.41, 5.74) is 0.932. The molecule has 1 aliphatic rings. The number of hydrogen-bond donors (Lipinski definition) is 2. The van der Waals surface area contributed by atoms with Crippen LogP contribution in [0.4, 0.5) is 4.79 Å². The van der Waals surface area contributed by atoms with E-state index >= 15 is 0 Å². The van der Waals surface area contributed by atoms with Gasteiger partial charge in [-0.15, -0.1) is 0 Å². The van der Waals surface area contributed by atoms with Crippen molar-refractivity contribution in [3.05, 3.63) is 35.9 Å². The number of β-amino-alcohol motifs (C(OH)–C–C–N with tert-alkyl or cyclic N) is 1. The first kappa shape index (κ1) is 13.8. The molecule has 0 aliphatic carbocycles. The summed E-state index contributed by atoms with van der Waals surface area (Å²) in [5, 5.41) is 18.8. The highest BCUT2D eigenvalue weighted by atomic mass is 16.6. The predicted molar refractivity (Wildman–Crippen MR) is 69.4 cm³/mol. The van der Waals surface area contributed by atoms with Crippen LogP contribution in [-0.4, -0.2) is 47.0 Å². The largest absolute Gasteiger partial charge is 0.445 e. The zero-order valence-corrected chi connectivity index (χ0v) is 10.7. The Hall–Kier alpha value is -1.59. The molecule has 1 aromatic rings. The standard InChI is InChI=1S/C14H19NO4/c16-9-12-6-7-15(8-13(12)17)14(18)19-10-11-4-2-1-3-5-11/h1-5,12-13,16-17H,6-10H2/t12-,13-/m0/s1. The smallest absolute Gasteiger partial charge is 0.410 e. The third-order valence-electron chi connectivity index (χ3n) is 3.42. The number of amides is 1. The van der Waals surface area contributed by atoms with Gasteiger partial charge in [-0.3, -0.25) is 0 Å². The molecular formula is C14H19NO4. The lowest BCUT2D eigenvalue weighted by Crippen LogP contribution is -2.47. The van der Waals surface area contributed by atoms with Gasteiger partial charge < -0.3 is 19.8 Å². The fourth-order valence-corrected chi connectivity index (χ4v) is 2.17. The third-order valence-corrected chi connectivity index (χ3v) is 3.42. The molecule has 1 fully saturated rings. The molecule has 2 atom stereocenters. The number of ether oxygens (including phenoxy) is 1. The van der Waals surface area contributed by atoms with E-state index < -0.39 is 12.2 Å². The Kier molecular flexibility index (Phi) is 4.76. The molecule has 5 heteroatoms. The van der Waals surface area contributed by atoms with Crippen molar-refractivity contribution in [2.45, 2.75) is 19.1 Å². The molecule has 1 heterocycles. The van der Waals surface area contributed by atoms with E-state index in [1.807, 2.05) is 30.3 Å². The van der Waals surface area contributed by atoms with Crippen LogP contribution in [0.2, 0.25) is 0 Å². The van der Waals surface area contributed by atoms with Crippen LogP contribution in [-0.2, 0) is 11.3 Å². The quantitative estimate of drug-likeness (QED) is 0.855. The first-order valence-electron chi connectivity index (χ1n) is 6.45. The Morgan fingerprint density at radius 2 is 2.11 bits per heavy atom. The van der Waals surface area contributed by atoms with Gasteiger partial charge in [-0.25, -0.2) is 4.79 Å². The summed E-state index contributed by atoms with van der Waals surface area (Å²) >= 11 is 0. The maximum atomic E-state index is 11.8. The molecule has 1 amide bonds. The van der Waals surface area contributed by atoms with Crippen molar-refractivity contribution in [3.63, 3.8) is 0 Å². The van der Waals surface area contributed by atoms with Crippen molar-refractivity contribution < 1.29 is 19.7 Å². The highest BCUT2D eigenvalue weighted by molar-refractivity contribution is 5.67. The van der Waals surface area contributed by atoms with Crippen LogP contribution < -0.4 is 0 Å². The summed E-state index contributed by atoms with van der Waals surface area (Å²) in [4.78, 5) is 13.3. The van der Waals surface area contributed by atoms with E-state index in [0.717, 1.165) is 5.56 Å². The first-order chi connectivity index (χ1) is 9.20. The van der Waals surface area contributed by atoms with E-state index in [9.17, 15) is 9.90 Å². The molecule has 0 spiro atoms. The van der Waals surface area contributed by atoms with Crippen LogP contribution in [0.25, 0.3) is 0 Å². The Bertz CT molecular complexity index is 409. The number of carbonyl (C=O) groups excluding carboxylic acids is 1. The summed E-state index contributed by atoms with van der Waals surface area (Å²) in [6.45, 7) is 0.915. The molecule has 0 radical (unpaired) electrons. The molecule has 1 saturated heterocycles. The molecular weight excluding hydrogens is 246 g/mol. The summed E-state index contributed by atoms with van der Waals surface area (Å²) in [6.07, 6.45) is -0.500. The lowest BCUT2D eigenvalue weighted by molar-refractivity contribution is -0.00505. The number of benzene rings is 1. The number of aliphatic hydroxyl groups is 2. The van der Waals surface area contributed by atoms with Crippen molar-refractivity contribution in [1.82, 2.24) is 4.90 Å². The second-order valence-corrected chi connectivity index (χ2v) is 4.78. The number of likely N-dealkylation sites (tertiary alicyclic amines) is 1. The molecule has 1 aliphatic heterocycles. The average molecular weight is 265 g/mol. The van der Waals surface area contributed by atoms with Crippen LogP contribution >= 0.6 is 0 Å². The van der Waals surface area contributed by atoms with Gasteiger partial charge in [0.15, 0.2) is 0 Å². The van der Waals surface area contributed by atoms with E-state index in [2.05, 4.69) is 0 Å². The number of hydrogen-bond acceptors (Lipinski definition) is 4. The summed E-state index contributed by atoms with van der Waals surface area (Å²) in [6, 6.07) is 9.46. The Morgan fingerprint density at radius 1 is 1.37 bits per heavy atom. The molecule has 104 valence electrons. The minimum atomic E-state index is -0.678. The molecule has 0 bridgehead atoms. The lowest BCUT2D eigenvalue weighted by atomic mass is 9.95. The molecule has 2 N–H and O–H groups in total. The predicted octanol–water partition coefficient (Wildman–Crippen LogP) is 0.998. The maximum absolute atomic E-state index is 11.8. The molecule has 2 rings (SSSR count). The van der Waals surface area contributed by atoms with Crippen molar-refractivity contribution >= 4 is 6.09 Å². The van der Waals surface area contributed by atoms with Gasteiger partial charge in [-0.05, 0) is 12.0 Å². The molecule has 19 heavy (non-hydrogen) atoms. The minimum absolute atomic E-state index is 0.0475. The fraction of sp³-hybridized carbons (Fsp3) is 0.500. The van der Waals surface area contributed by atoms with Gasteiger partial charge >= 0.3 is 6.09 Å². The molecule has 1 aromatic carbocycles. The van der Waals surface area contributed by atoms with Crippen LogP contribution in [0.15, 0.2) is 30.3 Å². The van der Waals surface area contributed by atoms with Crippen molar-refractivity contribution in [3.8, 4) is 0 Å². The zero-order valence-electron chi connectivity index (χ0n) is 10.7. The SMILES string of the molecule is O=C(OCc1ccccc1)N1CC[C@@H](CO)[C@@H](O)C1. The number of aliphatic hydroxyl groups excluding tert-OH is 2.